The van der Waals surface area contributed by atoms with Gasteiger partial charge >= 0.3 is 12.3 Å². The van der Waals surface area contributed by atoms with Crippen LogP contribution in [0.5, 0.6) is 5.75 Å². The first-order valence-corrected chi connectivity index (χ1v) is 5.64. The minimum Gasteiger partial charge on any atom is -0.480 e. The molecule has 0 aromatic heterocycles. The van der Waals surface area contributed by atoms with Crippen LogP contribution >= 0.6 is 0 Å². The van der Waals surface area contributed by atoms with Gasteiger partial charge in [0.2, 0.25) is 0 Å². The smallest absolute Gasteiger partial charge is 0.480 e. The van der Waals surface area contributed by atoms with Gasteiger partial charge in [0.25, 0.3) is 0 Å². The Labute approximate surface area is 114 Å². The third kappa shape index (κ3) is 4.58. The van der Waals surface area contributed by atoms with E-state index in [1.165, 1.54) is 23.1 Å². The molecule has 0 radical (unpaired) electrons. The molecule has 0 saturated carbocycles. The van der Waals surface area contributed by atoms with E-state index < -0.39 is 24.1 Å². The van der Waals surface area contributed by atoms with Crippen molar-refractivity contribution in [3.8, 4) is 5.75 Å². The van der Waals surface area contributed by atoms with Gasteiger partial charge in [0.05, 0.1) is 0 Å². The lowest BCUT2D eigenvalue weighted by Crippen LogP contribution is -2.30. The number of likely N-dealkylation sites (N-methyl/N-ethyl adjacent to an activating group) is 1. The lowest BCUT2D eigenvalue weighted by atomic mass is 10.1. The maximum atomic E-state index is 12.0. The molecule has 0 spiro atoms. The first-order valence-electron chi connectivity index (χ1n) is 5.64. The number of aliphatic carboxylic acids is 1. The van der Waals surface area contributed by atoms with E-state index in [0.29, 0.717) is 12.1 Å². The molecule has 0 amide bonds. The van der Waals surface area contributed by atoms with Gasteiger partial charge in [-0.1, -0.05) is 18.2 Å². The van der Waals surface area contributed by atoms with Crippen LogP contribution in [-0.4, -0.2) is 35.9 Å². The molecule has 0 fully saturated rings. The van der Waals surface area contributed by atoms with Crippen LogP contribution in [0.25, 0.3) is 0 Å². The molecule has 4 nitrogen and oxygen atoms in total. The topological polar surface area (TPSA) is 49.8 Å². The molecule has 1 aromatic carbocycles. The van der Waals surface area contributed by atoms with Gasteiger partial charge in [0.1, 0.15) is 11.8 Å². The van der Waals surface area contributed by atoms with E-state index in [-0.39, 0.29) is 0 Å². The van der Waals surface area contributed by atoms with Gasteiger partial charge in [-0.15, -0.1) is 19.8 Å². The van der Waals surface area contributed by atoms with E-state index in [2.05, 4.69) is 11.3 Å². The second-order valence-corrected chi connectivity index (χ2v) is 4.09. The standard InChI is InChI=1S/C13H14F3NO3/c1-3-8-17(2)11(12(18)19)9-4-6-10(7-5-9)20-13(14,15)16/h3-7,11H,1,8H2,2H3,(H,18,19)/t11-/m1/s1. The van der Waals surface area contributed by atoms with Crippen LogP contribution in [0, 0.1) is 0 Å². The van der Waals surface area contributed by atoms with Crippen molar-refractivity contribution in [2.24, 2.45) is 0 Å². The summed E-state index contributed by atoms with van der Waals surface area (Å²) in [5.74, 6) is -1.49. The zero-order valence-corrected chi connectivity index (χ0v) is 10.7. The highest BCUT2D eigenvalue weighted by molar-refractivity contribution is 5.75. The molecule has 0 saturated heterocycles. The number of halogens is 3. The Bertz CT molecular complexity index is 471. The summed E-state index contributed by atoms with van der Waals surface area (Å²) in [7, 11) is 1.58. The summed E-state index contributed by atoms with van der Waals surface area (Å²) in [4.78, 5) is 12.8. The summed E-state index contributed by atoms with van der Waals surface area (Å²) >= 11 is 0. The number of carboxylic acids is 1. The Morgan fingerprint density at radius 3 is 2.40 bits per heavy atom. The lowest BCUT2D eigenvalue weighted by molar-refractivity contribution is -0.274. The largest absolute Gasteiger partial charge is 0.573 e. The van der Waals surface area contributed by atoms with Crippen LogP contribution in [0.15, 0.2) is 36.9 Å². The molecule has 110 valence electrons. The Hall–Kier alpha value is -2.02. The Balaban J connectivity index is 2.94. The van der Waals surface area contributed by atoms with Crippen molar-refractivity contribution in [2.75, 3.05) is 13.6 Å². The fourth-order valence-electron chi connectivity index (χ4n) is 1.75. The number of benzene rings is 1. The maximum absolute atomic E-state index is 12.0. The lowest BCUT2D eigenvalue weighted by Gasteiger charge is -2.23. The van der Waals surface area contributed by atoms with E-state index >= 15 is 0 Å². The quantitative estimate of drug-likeness (QED) is 0.818. The summed E-state index contributed by atoms with van der Waals surface area (Å²) in [6.07, 6.45) is -3.23. The second-order valence-electron chi connectivity index (χ2n) is 4.09. The molecule has 0 aliphatic heterocycles. The third-order valence-electron chi connectivity index (χ3n) is 2.52. The second kappa shape index (κ2) is 6.42. The molecule has 0 aliphatic carbocycles. The molecule has 0 unspecified atom stereocenters. The van der Waals surface area contributed by atoms with E-state index in [9.17, 15) is 23.1 Å². The van der Waals surface area contributed by atoms with Crippen LogP contribution in [0.1, 0.15) is 11.6 Å². The van der Waals surface area contributed by atoms with Crippen LogP contribution in [0.4, 0.5) is 13.2 Å². The fourth-order valence-corrected chi connectivity index (χ4v) is 1.75. The van der Waals surface area contributed by atoms with Gasteiger partial charge < -0.3 is 9.84 Å². The molecule has 0 aliphatic rings. The molecule has 20 heavy (non-hydrogen) atoms. The zero-order chi connectivity index (χ0) is 15.3. The van der Waals surface area contributed by atoms with Crippen molar-refractivity contribution in [3.05, 3.63) is 42.5 Å². The predicted molar refractivity (Wildman–Crippen MR) is 66.3 cm³/mol. The van der Waals surface area contributed by atoms with Crippen LogP contribution in [0.2, 0.25) is 0 Å². The molecule has 1 atom stereocenters. The molecule has 1 N–H and O–H groups in total. The van der Waals surface area contributed by atoms with Gasteiger partial charge in [-0.3, -0.25) is 9.69 Å². The van der Waals surface area contributed by atoms with Crippen LogP contribution in [-0.2, 0) is 4.79 Å². The van der Waals surface area contributed by atoms with Gasteiger partial charge in [-0.2, -0.15) is 0 Å². The van der Waals surface area contributed by atoms with Gasteiger partial charge in [-0.25, -0.2) is 0 Å². The molecule has 0 heterocycles. The highest BCUT2D eigenvalue weighted by Gasteiger charge is 2.31. The minimum atomic E-state index is -4.77. The van der Waals surface area contributed by atoms with Crippen LogP contribution in [0.3, 0.4) is 0 Å². The molecule has 0 bridgehead atoms. The first-order chi connectivity index (χ1) is 9.24. The fraction of sp³-hybridized carbons (Fsp3) is 0.308. The summed E-state index contributed by atoms with van der Waals surface area (Å²) in [5.41, 5.74) is 0.358. The molecular formula is C13H14F3NO3. The Morgan fingerprint density at radius 2 is 2.00 bits per heavy atom. The normalized spacial score (nSPS) is 13.1. The summed E-state index contributed by atoms with van der Waals surface area (Å²) in [6.45, 7) is 3.84. The van der Waals surface area contributed by atoms with Crippen molar-refractivity contribution in [1.29, 1.82) is 0 Å². The highest BCUT2D eigenvalue weighted by Crippen LogP contribution is 2.26. The van der Waals surface area contributed by atoms with Crippen molar-refractivity contribution >= 4 is 5.97 Å². The molecule has 1 rings (SSSR count). The Kier molecular flexibility index (Phi) is 5.15. The molecule has 1 aromatic rings. The van der Waals surface area contributed by atoms with Crippen molar-refractivity contribution in [3.63, 3.8) is 0 Å². The number of carbonyl (C=O) groups is 1. The highest BCUT2D eigenvalue weighted by atomic mass is 19.4. The monoisotopic (exact) mass is 289 g/mol. The van der Waals surface area contributed by atoms with E-state index in [0.717, 1.165) is 12.1 Å². The number of alkyl halides is 3. The summed E-state index contributed by atoms with van der Waals surface area (Å²) in [6, 6.07) is 3.79. The number of rotatable bonds is 6. The number of hydrogen-bond acceptors (Lipinski definition) is 3. The van der Waals surface area contributed by atoms with Gasteiger partial charge in [0.15, 0.2) is 0 Å². The average molecular weight is 289 g/mol. The van der Waals surface area contributed by atoms with Crippen LogP contribution < -0.4 is 4.74 Å². The zero-order valence-electron chi connectivity index (χ0n) is 10.7. The van der Waals surface area contributed by atoms with E-state index in [4.69, 9.17) is 0 Å². The minimum absolute atomic E-state index is 0.331. The number of hydrogen-bond donors (Lipinski definition) is 1. The first kappa shape index (κ1) is 16.0. The van der Waals surface area contributed by atoms with Crippen molar-refractivity contribution in [1.82, 2.24) is 4.90 Å². The van der Waals surface area contributed by atoms with E-state index in [1.54, 1.807) is 7.05 Å². The molecule has 7 heteroatoms. The van der Waals surface area contributed by atoms with Crippen molar-refractivity contribution in [2.45, 2.75) is 12.4 Å². The molecular weight excluding hydrogens is 275 g/mol. The van der Waals surface area contributed by atoms with Gasteiger partial charge in [0, 0.05) is 6.54 Å². The van der Waals surface area contributed by atoms with E-state index in [1.807, 2.05) is 0 Å². The summed E-state index contributed by atoms with van der Waals surface area (Å²) < 4.78 is 39.8. The Morgan fingerprint density at radius 1 is 1.45 bits per heavy atom. The van der Waals surface area contributed by atoms with Gasteiger partial charge in [-0.05, 0) is 24.7 Å². The number of carboxylic acid groups (broad SMARTS) is 1. The SMILES string of the molecule is C=CCN(C)[C@@H](C(=O)O)c1ccc(OC(F)(F)F)cc1. The predicted octanol–water partition coefficient (Wildman–Crippen LogP) is 2.83. The van der Waals surface area contributed by atoms with Crippen molar-refractivity contribution < 1.29 is 27.8 Å². The number of nitrogens with zero attached hydrogens (tertiary/aromatic N) is 1. The summed E-state index contributed by atoms with van der Waals surface area (Å²) in [5, 5.41) is 9.19. The average Bonchev–Trinajstić information content (AvgIpc) is 2.29. The number of ether oxygens (including phenoxy) is 1. The third-order valence-corrected chi connectivity index (χ3v) is 2.52. The maximum Gasteiger partial charge on any atom is 0.573 e.